The van der Waals surface area contributed by atoms with Gasteiger partial charge in [-0.05, 0) is 42.5 Å². The predicted molar refractivity (Wildman–Crippen MR) is 114 cm³/mol. The van der Waals surface area contributed by atoms with Gasteiger partial charge in [-0.25, -0.2) is 23.4 Å². The van der Waals surface area contributed by atoms with Crippen molar-refractivity contribution in [3.05, 3.63) is 59.3 Å². The Kier molecular flexibility index (Phi) is 5.33. The van der Waals surface area contributed by atoms with Gasteiger partial charge in [-0.15, -0.1) is 0 Å². The molecule has 0 spiro atoms. The average molecular weight is 443 g/mol. The first-order valence-electron chi connectivity index (χ1n) is 10.4. The van der Waals surface area contributed by atoms with Gasteiger partial charge in [0.2, 0.25) is 0 Å². The molecule has 0 bridgehead atoms. The first-order valence-corrected chi connectivity index (χ1v) is 11.6. The molecule has 1 amide bonds. The predicted octanol–water partition coefficient (Wildman–Crippen LogP) is 3.17. The summed E-state index contributed by atoms with van der Waals surface area (Å²) in [6.07, 6.45) is 8.10. The summed E-state index contributed by atoms with van der Waals surface area (Å²) in [6.45, 7) is 0.621. The molecule has 1 atom stereocenters. The third kappa shape index (κ3) is 3.77. The van der Waals surface area contributed by atoms with E-state index in [0.717, 1.165) is 42.1 Å². The molecule has 7 nitrogen and oxygen atoms in total. The molecule has 1 aliphatic carbocycles. The van der Waals surface area contributed by atoms with Crippen molar-refractivity contribution in [2.24, 2.45) is 0 Å². The van der Waals surface area contributed by atoms with E-state index >= 15 is 0 Å². The second-order valence-corrected chi connectivity index (χ2v) is 9.35. The van der Waals surface area contributed by atoms with Crippen LogP contribution in [0.25, 0.3) is 10.9 Å². The second kappa shape index (κ2) is 8.14. The van der Waals surface area contributed by atoms with Crippen LogP contribution in [0.15, 0.2) is 41.6 Å². The number of amides is 1. The van der Waals surface area contributed by atoms with Crippen LogP contribution in [0.3, 0.4) is 0 Å². The van der Waals surface area contributed by atoms with Crippen molar-refractivity contribution in [3.8, 4) is 0 Å². The topological polar surface area (TPSA) is 87.5 Å². The Balaban J connectivity index is 1.61. The first kappa shape index (κ1) is 20.3. The summed E-state index contributed by atoms with van der Waals surface area (Å²) < 4.78 is 31.8. The zero-order valence-electron chi connectivity index (χ0n) is 16.9. The average Bonchev–Trinajstić information content (AvgIpc) is 3.40. The van der Waals surface area contributed by atoms with Crippen LogP contribution in [-0.2, 0) is 24.0 Å². The van der Waals surface area contributed by atoms with Crippen LogP contribution in [0.1, 0.15) is 47.3 Å². The van der Waals surface area contributed by atoms with E-state index in [1.165, 1.54) is 12.1 Å². The Morgan fingerprint density at radius 3 is 2.71 bits per heavy atom. The summed E-state index contributed by atoms with van der Waals surface area (Å²) in [5.74, 6) is -0.846. The molecule has 0 saturated heterocycles. The number of hydroxylamine groups is 2. The minimum atomic E-state index is -1.45. The number of hydrogen-bond donors (Lipinski definition) is 2. The lowest BCUT2D eigenvalue weighted by atomic mass is 10.0. The van der Waals surface area contributed by atoms with Crippen LogP contribution in [0.5, 0.6) is 0 Å². The zero-order chi connectivity index (χ0) is 21.5. The molecule has 1 aromatic carbocycles. The van der Waals surface area contributed by atoms with E-state index in [1.54, 1.807) is 18.3 Å². The minimum Gasteiger partial charge on any atom is -0.340 e. The van der Waals surface area contributed by atoms with Gasteiger partial charge in [-0.1, -0.05) is 25.0 Å². The fourth-order valence-electron chi connectivity index (χ4n) is 4.50. The van der Waals surface area contributed by atoms with Crippen molar-refractivity contribution in [3.63, 3.8) is 0 Å². The fraction of sp³-hybridized carbons (Fsp3) is 0.364. The monoisotopic (exact) mass is 442 g/mol. The third-order valence-electron chi connectivity index (χ3n) is 6.09. The summed E-state index contributed by atoms with van der Waals surface area (Å²) >= 11 is 0. The fourth-order valence-corrected chi connectivity index (χ4v) is 5.80. The molecule has 1 unspecified atom stereocenters. The number of carbonyl (C=O) groups is 1. The summed E-state index contributed by atoms with van der Waals surface area (Å²) in [5, 5.41) is 11.2. The zero-order valence-corrected chi connectivity index (χ0v) is 17.7. The smallest absolute Gasteiger partial charge is 0.296 e. The molecular weight excluding hydrogens is 419 g/mol. The molecule has 2 aliphatic rings. The van der Waals surface area contributed by atoms with Gasteiger partial charge < -0.3 is 4.57 Å². The van der Waals surface area contributed by atoms with Gasteiger partial charge in [0.05, 0.1) is 23.2 Å². The van der Waals surface area contributed by atoms with Crippen LogP contribution in [0.2, 0.25) is 0 Å². The molecule has 2 aromatic heterocycles. The van der Waals surface area contributed by atoms with E-state index in [0.29, 0.717) is 28.5 Å². The number of nitrogens with zero attached hydrogens (tertiary/aromatic N) is 3. The molecule has 31 heavy (non-hydrogen) atoms. The number of aromatic nitrogens is 2. The number of halogens is 1. The van der Waals surface area contributed by atoms with E-state index in [9.17, 15) is 18.6 Å². The van der Waals surface area contributed by atoms with E-state index in [2.05, 4.69) is 9.71 Å². The van der Waals surface area contributed by atoms with Crippen molar-refractivity contribution in [2.45, 2.75) is 49.6 Å². The van der Waals surface area contributed by atoms with Gasteiger partial charge in [0.15, 0.2) is 0 Å². The van der Waals surface area contributed by atoms with Crippen LogP contribution >= 0.6 is 0 Å². The van der Waals surface area contributed by atoms with Crippen LogP contribution in [-0.4, -0.2) is 42.5 Å². The number of fused-ring (bicyclic) bond motifs is 3. The number of hydrogen-bond acceptors (Lipinski definition) is 4. The van der Waals surface area contributed by atoms with Crippen molar-refractivity contribution in [1.82, 2.24) is 19.3 Å². The molecule has 3 aromatic rings. The van der Waals surface area contributed by atoms with Gasteiger partial charge in [-0.3, -0.25) is 10.0 Å². The molecule has 0 radical (unpaired) electrons. The Morgan fingerprint density at radius 2 is 1.97 bits per heavy atom. The van der Waals surface area contributed by atoms with Crippen LogP contribution < -0.4 is 4.72 Å². The van der Waals surface area contributed by atoms with Gasteiger partial charge in [0.25, 0.3) is 5.91 Å². The maximum Gasteiger partial charge on any atom is 0.296 e. The summed E-state index contributed by atoms with van der Waals surface area (Å²) in [7, 11) is -1.45. The number of carbonyl (C=O) groups excluding carboxylic acids is 1. The second-order valence-electron chi connectivity index (χ2n) is 8.14. The first-order chi connectivity index (χ1) is 15.0. The van der Waals surface area contributed by atoms with Gasteiger partial charge in [-0.2, -0.15) is 0 Å². The molecule has 162 valence electrons. The van der Waals surface area contributed by atoms with Crippen molar-refractivity contribution in [2.75, 3.05) is 6.54 Å². The normalized spacial score (nSPS) is 18.0. The highest BCUT2D eigenvalue weighted by Gasteiger charge is 2.30. The Hall–Kier alpha value is -2.62. The molecule has 2 N–H and O–H groups in total. The maximum atomic E-state index is 13.3. The molecule has 5 rings (SSSR count). The van der Waals surface area contributed by atoms with E-state index < -0.39 is 16.9 Å². The number of nitrogens with one attached hydrogen (secondary N) is 1. The van der Waals surface area contributed by atoms with Crippen LogP contribution in [0, 0.1) is 5.82 Å². The lowest BCUT2D eigenvalue weighted by molar-refractivity contribution is -0.0606. The highest BCUT2D eigenvalue weighted by atomic mass is 32.2. The Morgan fingerprint density at radius 1 is 1.23 bits per heavy atom. The third-order valence-corrected chi connectivity index (χ3v) is 7.35. The van der Waals surface area contributed by atoms with E-state index in [-0.39, 0.29) is 24.1 Å². The summed E-state index contributed by atoms with van der Waals surface area (Å²) in [5.41, 5.74) is 2.57. The number of rotatable bonds is 5. The van der Waals surface area contributed by atoms with Crippen molar-refractivity contribution < 1.29 is 18.6 Å². The van der Waals surface area contributed by atoms with Crippen molar-refractivity contribution in [1.29, 1.82) is 0 Å². The minimum absolute atomic E-state index is 0.165. The SMILES string of the molecule is O=C1c2ncc3c(c(S(=O)NC4CCCC4)cn3Cc3ccc(F)cc3)c2CCN1O. The standard InChI is InChI=1S/C22H23FN4O3S/c23-15-7-5-14(6-8-15)12-26-13-19(31(30)25-16-3-1-2-4-16)20-17-9-10-27(29)22(28)21(17)24-11-18(20)26/h5-8,11,13,16,25,29H,1-4,9-10,12H2. The highest BCUT2D eigenvalue weighted by molar-refractivity contribution is 7.83. The largest absolute Gasteiger partial charge is 0.340 e. The number of benzene rings is 1. The summed E-state index contributed by atoms with van der Waals surface area (Å²) in [6, 6.07) is 6.47. The summed E-state index contributed by atoms with van der Waals surface area (Å²) in [4.78, 5) is 17.4. The Bertz CT molecular complexity index is 1170. The molecule has 1 fully saturated rings. The van der Waals surface area contributed by atoms with Crippen LogP contribution in [0.4, 0.5) is 4.39 Å². The van der Waals surface area contributed by atoms with Gasteiger partial charge >= 0.3 is 0 Å². The van der Waals surface area contributed by atoms with Gasteiger partial charge in [0.1, 0.15) is 22.5 Å². The molecule has 1 saturated carbocycles. The molecule has 1 aliphatic heterocycles. The quantitative estimate of drug-likeness (QED) is 0.594. The van der Waals surface area contributed by atoms with Crippen molar-refractivity contribution >= 4 is 27.8 Å². The van der Waals surface area contributed by atoms with Gasteiger partial charge in [0, 0.05) is 24.2 Å². The van der Waals surface area contributed by atoms with E-state index in [1.807, 2.05) is 10.8 Å². The number of pyridine rings is 1. The maximum absolute atomic E-state index is 13.3. The lowest BCUT2D eigenvalue weighted by Gasteiger charge is -2.23. The Labute approximate surface area is 181 Å². The lowest BCUT2D eigenvalue weighted by Crippen LogP contribution is -2.35. The highest BCUT2D eigenvalue weighted by Crippen LogP contribution is 2.32. The van der Waals surface area contributed by atoms with E-state index in [4.69, 9.17) is 0 Å². The molecular formula is C22H23FN4O3S. The molecule has 3 heterocycles. The molecule has 9 heteroatoms.